The molecule has 68 valence electrons. The number of hydrogen-bond acceptors (Lipinski definition) is 0. The van der Waals surface area contributed by atoms with Crippen LogP contribution in [-0.2, 0) is 0 Å². The van der Waals surface area contributed by atoms with E-state index >= 15 is 0 Å². The van der Waals surface area contributed by atoms with Crippen LogP contribution in [0, 0.1) is 0 Å². The average Bonchev–Trinajstić information content (AvgIpc) is 1.58. The maximum atomic E-state index is 6.08. The van der Waals surface area contributed by atoms with Crippen LogP contribution in [0.15, 0.2) is 0 Å². The van der Waals surface area contributed by atoms with Crippen LogP contribution in [0.3, 0.4) is 0 Å². The van der Waals surface area contributed by atoms with Crippen LogP contribution >= 0.6 is 33.2 Å². The van der Waals surface area contributed by atoms with Crippen molar-refractivity contribution >= 4 is 53.5 Å². The monoisotopic (exact) mass is 264 g/mol. The summed E-state index contributed by atoms with van der Waals surface area (Å²) in [6.07, 6.45) is 0. The lowest BCUT2D eigenvalue weighted by Crippen LogP contribution is -2.64. The first-order valence-corrected chi connectivity index (χ1v) is 17.1. The molecule has 0 heterocycles. The summed E-state index contributed by atoms with van der Waals surface area (Å²) in [5.41, 5.74) is -2.40. The number of rotatable bonds is 2. The van der Waals surface area contributed by atoms with E-state index in [-0.39, 0.29) is 0 Å². The molecule has 0 rings (SSSR count). The Morgan fingerprint density at radius 2 is 1.00 bits per heavy atom. The first kappa shape index (κ1) is 12.5. The van der Waals surface area contributed by atoms with Crippen LogP contribution in [0.25, 0.3) is 0 Å². The van der Waals surface area contributed by atoms with Gasteiger partial charge < -0.3 is 0 Å². The van der Waals surface area contributed by atoms with Gasteiger partial charge in [0.15, 0.2) is 0 Å². The number of halogens is 3. The van der Waals surface area contributed by atoms with E-state index in [0.717, 1.165) is 0 Å². The zero-order valence-corrected chi connectivity index (χ0v) is 12.9. The molecule has 0 atom stereocenters. The summed E-state index contributed by atoms with van der Waals surface area (Å²) in [5, 5.41) is 0. The molecule has 0 aliphatic rings. The van der Waals surface area contributed by atoms with E-state index < -0.39 is 20.2 Å². The maximum absolute atomic E-state index is 6.08. The third kappa shape index (κ3) is 2.74. The summed E-state index contributed by atoms with van der Waals surface area (Å²) in [5.74, 6) is 0. The van der Waals surface area contributed by atoms with Crippen molar-refractivity contribution in [1.82, 2.24) is 0 Å². The third-order valence-corrected chi connectivity index (χ3v) is 50.4. The molecule has 0 saturated carbocycles. The molecule has 6 heteroatoms. The summed E-state index contributed by atoms with van der Waals surface area (Å²) in [4.78, 5) is 0. The summed E-state index contributed by atoms with van der Waals surface area (Å²) in [6.45, 7) is 11.3. The molecule has 0 aromatic rings. The predicted molar refractivity (Wildman–Crippen MR) is 64.1 cm³/mol. The van der Waals surface area contributed by atoms with Gasteiger partial charge in [0.05, 0.1) is 7.11 Å². The van der Waals surface area contributed by atoms with Crippen molar-refractivity contribution in [1.29, 1.82) is 0 Å². The summed E-state index contributed by atoms with van der Waals surface area (Å²) >= 11 is 18.2. The lowest BCUT2D eigenvalue weighted by molar-refractivity contribution is 1.78. The molecular weight excluding hydrogens is 251 g/mol. The van der Waals surface area contributed by atoms with E-state index in [2.05, 4.69) is 32.7 Å². The Morgan fingerprint density at radius 1 is 0.727 bits per heavy atom. The van der Waals surface area contributed by atoms with Crippen molar-refractivity contribution < 1.29 is 0 Å². The number of hydrogen-bond donors (Lipinski definition) is 0. The second kappa shape index (κ2) is 3.35. The van der Waals surface area contributed by atoms with Gasteiger partial charge in [-0.05, 0) is 0 Å². The normalized spacial score (nSPS) is 15.3. The standard InChI is InChI=1S/C5H15Cl3Si3/c1-9(2,3)10(4,5)11(6,7)8/h1-5H3. The highest BCUT2D eigenvalue weighted by Gasteiger charge is 2.54. The van der Waals surface area contributed by atoms with Crippen LogP contribution in [0.5, 0.6) is 0 Å². The van der Waals surface area contributed by atoms with Crippen LogP contribution in [0.4, 0.5) is 0 Å². The Morgan fingerprint density at radius 3 is 1.00 bits per heavy atom. The zero-order valence-electron chi connectivity index (χ0n) is 7.63. The Balaban J connectivity index is 4.75. The van der Waals surface area contributed by atoms with Gasteiger partial charge in [-0.15, -0.1) is 33.2 Å². The topological polar surface area (TPSA) is 0 Å². The maximum Gasteiger partial charge on any atom is 0.321 e. The molecule has 0 unspecified atom stereocenters. The van der Waals surface area contributed by atoms with Gasteiger partial charge in [0.25, 0.3) is 0 Å². The Kier molecular flexibility index (Phi) is 3.81. The summed E-state index contributed by atoms with van der Waals surface area (Å²) in [6, 6.07) is 0. The van der Waals surface area contributed by atoms with Crippen LogP contribution in [0.1, 0.15) is 0 Å². The van der Waals surface area contributed by atoms with Gasteiger partial charge in [-0.1, -0.05) is 32.7 Å². The molecule has 0 aliphatic carbocycles. The quantitative estimate of drug-likeness (QED) is 0.526. The highest BCUT2D eigenvalue weighted by Crippen LogP contribution is 2.37. The smallest absolute Gasteiger partial charge is 0.130 e. The van der Waals surface area contributed by atoms with E-state index in [1.54, 1.807) is 0 Å². The van der Waals surface area contributed by atoms with E-state index in [1.807, 2.05) is 0 Å². The van der Waals surface area contributed by atoms with Gasteiger partial charge in [0.1, 0.15) is 0 Å². The van der Waals surface area contributed by atoms with E-state index in [4.69, 9.17) is 33.2 Å². The van der Waals surface area contributed by atoms with Crippen LogP contribution in [0.2, 0.25) is 32.7 Å². The molecule has 0 aliphatic heterocycles. The van der Waals surface area contributed by atoms with Gasteiger partial charge >= 0.3 is 5.52 Å². The highest BCUT2D eigenvalue weighted by molar-refractivity contribution is 7.98. The van der Waals surface area contributed by atoms with Crippen molar-refractivity contribution in [3.05, 3.63) is 0 Å². The molecule has 0 aromatic carbocycles. The SMILES string of the molecule is C[Si](C)(C)[Si](C)(C)[Si](Cl)(Cl)Cl. The lowest BCUT2D eigenvalue weighted by atomic mass is 11.8. The molecule has 0 radical (unpaired) electrons. The van der Waals surface area contributed by atoms with E-state index in [0.29, 0.717) is 0 Å². The second-order valence-electron chi connectivity index (χ2n) is 4.37. The first-order chi connectivity index (χ1) is 4.50. The van der Waals surface area contributed by atoms with Crippen LogP contribution in [-0.4, -0.2) is 20.2 Å². The molecule has 0 saturated heterocycles. The Bertz CT molecular complexity index is 128. The fourth-order valence-corrected chi connectivity index (χ4v) is 34.4. The van der Waals surface area contributed by atoms with Crippen molar-refractivity contribution in [2.24, 2.45) is 0 Å². The summed E-state index contributed by atoms with van der Waals surface area (Å²) in [7, 11) is -2.75. The molecule has 0 aromatic heterocycles. The fourth-order valence-electron chi connectivity index (χ4n) is 0.425. The minimum Gasteiger partial charge on any atom is -0.130 e. The molecule has 0 N–H and O–H groups in total. The lowest BCUT2D eigenvalue weighted by Gasteiger charge is -2.38. The Hall–Kier alpha value is 1.52. The molecule has 0 amide bonds. The van der Waals surface area contributed by atoms with Gasteiger partial charge in [-0.25, -0.2) is 0 Å². The molecule has 0 bridgehead atoms. The van der Waals surface area contributed by atoms with Crippen molar-refractivity contribution in [2.45, 2.75) is 32.7 Å². The van der Waals surface area contributed by atoms with Crippen molar-refractivity contribution in [2.75, 3.05) is 0 Å². The predicted octanol–water partition coefficient (Wildman–Crippen LogP) is 3.85. The second-order valence-corrected chi connectivity index (χ2v) is 38.6. The molecule has 11 heavy (non-hydrogen) atoms. The largest absolute Gasteiger partial charge is 0.321 e. The van der Waals surface area contributed by atoms with Gasteiger partial charge in [0.2, 0.25) is 0 Å². The van der Waals surface area contributed by atoms with Gasteiger partial charge in [0, 0.05) is 7.59 Å². The zero-order chi connectivity index (χ0) is 9.50. The van der Waals surface area contributed by atoms with Crippen LogP contribution < -0.4 is 0 Å². The van der Waals surface area contributed by atoms with Gasteiger partial charge in [-0.2, -0.15) is 0 Å². The average molecular weight is 266 g/mol. The van der Waals surface area contributed by atoms with Gasteiger partial charge in [-0.3, -0.25) is 0 Å². The molecule has 0 nitrogen and oxygen atoms in total. The molecular formula is C5H15Cl3Si3. The van der Waals surface area contributed by atoms with Crippen molar-refractivity contribution in [3.8, 4) is 0 Å². The van der Waals surface area contributed by atoms with E-state index in [9.17, 15) is 0 Å². The third-order valence-electron chi connectivity index (χ3n) is 2.58. The first-order valence-electron chi connectivity index (χ1n) is 3.57. The summed E-state index contributed by atoms with van der Waals surface area (Å²) < 4.78 is 0. The molecule has 0 fully saturated rings. The minimum absolute atomic E-state index is 1.22. The fraction of sp³-hybridized carbons (Fsp3) is 1.00. The molecule has 0 spiro atoms. The Labute approximate surface area is 85.9 Å². The minimum atomic E-state index is -2.40. The van der Waals surface area contributed by atoms with E-state index in [1.165, 1.54) is 0 Å². The van der Waals surface area contributed by atoms with Crippen molar-refractivity contribution in [3.63, 3.8) is 0 Å². The highest BCUT2D eigenvalue weighted by atomic mass is 35.8.